The van der Waals surface area contributed by atoms with Gasteiger partial charge in [-0.1, -0.05) is 0 Å². The van der Waals surface area contributed by atoms with E-state index in [0.717, 1.165) is 0 Å². The first-order valence-corrected chi connectivity index (χ1v) is 4.14. The van der Waals surface area contributed by atoms with Crippen molar-refractivity contribution in [2.75, 3.05) is 0 Å². The van der Waals surface area contributed by atoms with Crippen molar-refractivity contribution in [3.8, 4) is 0 Å². The number of alkyl halides is 7. The zero-order valence-corrected chi connectivity index (χ0v) is 13.2. The first-order valence-electron chi connectivity index (χ1n) is 2.70. The molecule has 0 amide bonds. The molecule has 0 rings (SSSR count). The average molecular weight is 483 g/mol. The summed E-state index contributed by atoms with van der Waals surface area (Å²) in [7, 11) is -6.79. The number of hydrogen-bond acceptors (Lipinski definition) is 3. The normalized spacial score (nSPS) is 16.5. The van der Waals surface area contributed by atoms with Gasteiger partial charge >= 0.3 is 74.0 Å². The van der Waals surface area contributed by atoms with Gasteiger partial charge in [0.05, 0.1) is 0 Å². The Morgan fingerprint density at radius 1 is 0.941 bits per heavy atom. The van der Waals surface area contributed by atoms with Crippen LogP contribution in [0.1, 0.15) is 0 Å². The minimum atomic E-state index is -6.79. The molecule has 1 N–H and O–H groups in total. The van der Waals surface area contributed by atoms with Crippen LogP contribution < -0.4 is 0 Å². The van der Waals surface area contributed by atoms with E-state index < -0.39 is 27.8 Å². The third-order valence-electron chi connectivity index (χ3n) is 0.917. The van der Waals surface area contributed by atoms with Crippen molar-refractivity contribution in [1.29, 1.82) is 0 Å². The van der Waals surface area contributed by atoms with E-state index in [4.69, 9.17) is 4.55 Å². The summed E-state index contributed by atoms with van der Waals surface area (Å²) in [6.45, 7) is 0. The van der Waals surface area contributed by atoms with Crippen LogP contribution in [0.5, 0.6) is 0 Å². The molecule has 0 bridgehead atoms. The summed E-state index contributed by atoms with van der Waals surface area (Å²) in [6.07, 6.45) is -12.8. The average Bonchev–Trinajstić information content (AvgIpc) is 1.77. The standard InChI is InChI=1S/C3HF7O4S.Li.Pb.3H/c4-1(5,6)2(7,15(11,12)13)14-3(8,9)10;;;;;/h(H,11,12,13);;;;;. The summed E-state index contributed by atoms with van der Waals surface area (Å²) < 4.78 is 110. The second kappa shape index (κ2) is 6.37. The van der Waals surface area contributed by atoms with Gasteiger partial charge in [0.15, 0.2) is 0 Å². The Hall–Kier alpha value is 0.899. The van der Waals surface area contributed by atoms with Gasteiger partial charge in [-0.15, -0.1) is 13.2 Å². The van der Waals surface area contributed by atoms with Gasteiger partial charge in [0.25, 0.3) is 0 Å². The van der Waals surface area contributed by atoms with E-state index in [1.54, 1.807) is 4.74 Å². The van der Waals surface area contributed by atoms with Crippen LogP contribution in [-0.2, 0) is 14.9 Å². The molecule has 0 aliphatic heterocycles. The van der Waals surface area contributed by atoms with Crippen molar-refractivity contribution >= 4 is 56.3 Å². The van der Waals surface area contributed by atoms with Crippen LogP contribution in [0.15, 0.2) is 0 Å². The second-order valence-electron chi connectivity index (χ2n) is 2.06. The Morgan fingerprint density at radius 2 is 1.24 bits per heavy atom. The Balaban J connectivity index is -0.000000980. The zero-order valence-electron chi connectivity index (χ0n) is 6.93. The Morgan fingerprint density at radius 3 is 1.29 bits per heavy atom. The molecule has 0 aromatic carbocycles. The summed E-state index contributed by atoms with van der Waals surface area (Å²) in [5, 5.41) is -6.24. The van der Waals surface area contributed by atoms with Crippen LogP contribution in [0.25, 0.3) is 0 Å². The molecule has 2 radical (unpaired) electrons. The topological polar surface area (TPSA) is 63.6 Å². The van der Waals surface area contributed by atoms with Crippen LogP contribution in [-0.4, -0.2) is 76.9 Å². The molecule has 17 heavy (non-hydrogen) atoms. The molecule has 0 fully saturated rings. The number of hydrogen-bond donors (Lipinski definition) is 1. The Bertz CT molecular complexity index is 338. The van der Waals surface area contributed by atoms with Crippen molar-refractivity contribution < 1.29 is 48.4 Å². The van der Waals surface area contributed by atoms with Crippen molar-refractivity contribution in [2.24, 2.45) is 0 Å². The fourth-order valence-electron chi connectivity index (χ4n) is 0.406. The maximum atomic E-state index is 12.4. The maximum absolute atomic E-state index is 12.4. The molecule has 0 heterocycles. The fourth-order valence-corrected chi connectivity index (χ4v) is 0.898. The number of ether oxygens (including phenoxy) is 1. The van der Waals surface area contributed by atoms with E-state index in [-0.39, 0.29) is 46.2 Å². The third-order valence-corrected chi connectivity index (χ3v) is 1.90. The SMILES string of the molecule is O=S(=O)(O)C(F)(OC(F)(F)F)C(F)(F)F.[LiH].[PbH2]. The molecule has 0 saturated heterocycles. The Kier molecular flexibility index (Phi) is 8.63. The van der Waals surface area contributed by atoms with Gasteiger partial charge in [0.2, 0.25) is 0 Å². The molecule has 0 saturated carbocycles. The molecule has 0 aliphatic carbocycles. The monoisotopic (exact) mass is 484 g/mol. The van der Waals surface area contributed by atoms with Gasteiger partial charge in [0, 0.05) is 0 Å². The van der Waals surface area contributed by atoms with Gasteiger partial charge in [-0.2, -0.15) is 26.0 Å². The van der Waals surface area contributed by atoms with Gasteiger partial charge in [0.1, 0.15) is 0 Å². The van der Waals surface area contributed by atoms with E-state index in [9.17, 15) is 39.2 Å². The molecule has 14 heteroatoms. The molecule has 1 atom stereocenters. The fraction of sp³-hybridized carbons (Fsp3) is 1.00. The van der Waals surface area contributed by atoms with Gasteiger partial charge in [-0.3, -0.25) is 4.55 Å². The third kappa shape index (κ3) is 6.05. The van der Waals surface area contributed by atoms with Crippen LogP contribution in [0.2, 0.25) is 0 Å². The van der Waals surface area contributed by atoms with E-state index in [2.05, 4.69) is 0 Å². The number of halogens is 7. The summed E-state index contributed by atoms with van der Waals surface area (Å²) in [5.41, 5.74) is 0. The quantitative estimate of drug-likeness (QED) is 0.342. The molecule has 100 valence electrons. The minimum absolute atomic E-state index is 0. The molecule has 1 unspecified atom stereocenters. The molecule has 4 nitrogen and oxygen atoms in total. The van der Waals surface area contributed by atoms with E-state index in [1.165, 1.54) is 0 Å². The summed E-state index contributed by atoms with van der Waals surface area (Å²) in [4.78, 5) is 0. The van der Waals surface area contributed by atoms with Crippen LogP contribution in [0, 0.1) is 0 Å². The Labute approximate surface area is 122 Å². The van der Waals surface area contributed by atoms with Gasteiger partial charge in [-0.05, 0) is 0 Å². The van der Waals surface area contributed by atoms with Crippen LogP contribution in [0.3, 0.4) is 0 Å². The first kappa shape index (κ1) is 23.0. The van der Waals surface area contributed by atoms with Crippen LogP contribution in [0.4, 0.5) is 30.7 Å². The molecule has 0 aromatic heterocycles. The molecule has 0 aliphatic rings. The molecular weight excluding hydrogens is 479 g/mol. The predicted molar refractivity (Wildman–Crippen MR) is 44.3 cm³/mol. The van der Waals surface area contributed by atoms with Gasteiger partial charge in [-0.25, -0.2) is 4.74 Å². The van der Waals surface area contributed by atoms with E-state index in [0.29, 0.717) is 0 Å². The molecular formula is C3H4F7LiO4PbS. The van der Waals surface area contributed by atoms with Crippen LogP contribution >= 0.6 is 0 Å². The van der Waals surface area contributed by atoms with Gasteiger partial charge < -0.3 is 0 Å². The summed E-state index contributed by atoms with van der Waals surface area (Å²) >= 11 is 0. The van der Waals surface area contributed by atoms with Crippen molar-refractivity contribution in [3.05, 3.63) is 0 Å². The second-order valence-corrected chi connectivity index (χ2v) is 3.53. The van der Waals surface area contributed by atoms with Crippen molar-refractivity contribution in [1.82, 2.24) is 0 Å². The molecule has 0 spiro atoms. The van der Waals surface area contributed by atoms with Crippen molar-refractivity contribution in [3.63, 3.8) is 0 Å². The van der Waals surface area contributed by atoms with E-state index in [1.807, 2.05) is 0 Å². The van der Waals surface area contributed by atoms with Crippen molar-refractivity contribution in [2.45, 2.75) is 17.7 Å². The summed E-state index contributed by atoms with van der Waals surface area (Å²) in [6, 6.07) is 0. The first-order chi connectivity index (χ1) is 6.21. The number of rotatable bonds is 2. The predicted octanol–water partition coefficient (Wildman–Crippen LogP) is 0.0315. The summed E-state index contributed by atoms with van der Waals surface area (Å²) in [5.74, 6) is 0. The molecule has 0 aromatic rings. The van der Waals surface area contributed by atoms with E-state index >= 15 is 0 Å². The zero-order chi connectivity index (χ0) is 12.7.